The normalized spacial score (nSPS) is 10.8. The predicted molar refractivity (Wildman–Crippen MR) is 118 cm³/mol. The Morgan fingerprint density at radius 3 is 2.25 bits per heavy atom. The van der Waals surface area contributed by atoms with Crippen molar-refractivity contribution in [1.29, 1.82) is 0 Å². The molecule has 9 nitrogen and oxygen atoms in total. The lowest BCUT2D eigenvalue weighted by Crippen LogP contribution is -2.28. The quantitative estimate of drug-likeness (QED) is 0.570. The van der Waals surface area contributed by atoms with Crippen LogP contribution in [0.25, 0.3) is 0 Å². The maximum Gasteiger partial charge on any atom is 0.340 e. The van der Waals surface area contributed by atoms with Crippen molar-refractivity contribution in [3.63, 3.8) is 0 Å². The molecule has 0 unspecified atom stereocenters. The molecule has 0 aliphatic carbocycles. The van der Waals surface area contributed by atoms with Crippen molar-refractivity contribution in [2.24, 2.45) is 11.1 Å². The molecule has 9 heteroatoms. The summed E-state index contributed by atoms with van der Waals surface area (Å²) in [5.41, 5.74) is 5.39. The van der Waals surface area contributed by atoms with Crippen molar-refractivity contribution in [1.82, 2.24) is 0 Å². The molecule has 0 saturated heterocycles. The summed E-state index contributed by atoms with van der Waals surface area (Å²) in [5, 5.41) is 2.75. The lowest BCUT2D eigenvalue weighted by molar-refractivity contribution is -0.123. The summed E-state index contributed by atoms with van der Waals surface area (Å²) in [6, 6.07) is 9.69. The number of ether oxygens (including phenoxy) is 4. The molecule has 2 amide bonds. The highest BCUT2D eigenvalue weighted by molar-refractivity contribution is 6.03. The maximum atomic E-state index is 12.9. The Morgan fingerprint density at radius 1 is 1.00 bits per heavy atom. The summed E-state index contributed by atoms with van der Waals surface area (Å²) in [6.07, 6.45) is 0. The second-order valence-corrected chi connectivity index (χ2v) is 7.94. The van der Waals surface area contributed by atoms with E-state index in [9.17, 15) is 14.4 Å². The number of amides is 2. The van der Waals surface area contributed by atoms with Crippen LogP contribution in [0, 0.1) is 5.41 Å². The standard InChI is InChI=1S/C23H28N2O7/c1-23(2,3)22(28)25-17-11-19(30-5)18(29-4)10-16(17)21(27)32-12-14-7-6-8-15(9-14)31-13-20(24)26/h6-11H,12-13H2,1-5H3,(H2,24,26)(H,25,28). The Bertz CT molecular complexity index is 996. The Morgan fingerprint density at radius 2 is 1.66 bits per heavy atom. The van der Waals surface area contributed by atoms with Crippen LogP contribution in [0.4, 0.5) is 5.69 Å². The number of nitrogens with one attached hydrogen (secondary N) is 1. The lowest BCUT2D eigenvalue weighted by atomic mass is 9.95. The van der Waals surface area contributed by atoms with E-state index in [-0.39, 0.29) is 30.4 Å². The Balaban J connectivity index is 2.25. The van der Waals surface area contributed by atoms with Crippen LogP contribution in [0.1, 0.15) is 36.7 Å². The van der Waals surface area contributed by atoms with Gasteiger partial charge in [0, 0.05) is 17.5 Å². The zero-order valence-electron chi connectivity index (χ0n) is 18.8. The number of benzene rings is 2. The van der Waals surface area contributed by atoms with Gasteiger partial charge in [-0.15, -0.1) is 0 Å². The van der Waals surface area contributed by atoms with Gasteiger partial charge in [-0.05, 0) is 17.7 Å². The molecule has 0 radical (unpaired) electrons. The summed E-state index contributed by atoms with van der Waals surface area (Å²) in [4.78, 5) is 36.3. The second-order valence-electron chi connectivity index (χ2n) is 7.94. The minimum atomic E-state index is -0.681. The van der Waals surface area contributed by atoms with Gasteiger partial charge in [-0.3, -0.25) is 9.59 Å². The number of nitrogens with two attached hydrogens (primary N) is 1. The lowest BCUT2D eigenvalue weighted by Gasteiger charge is -2.20. The van der Waals surface area contributed by atoms with Gasteiger partial charge in [-0.1, -0.05) is 32.9 Å². The zero-order valence-corrected chi connectivity index (χ0v) is 18.8. The number of carbonyl (C=O) groups is 3. The van der Waals surface area contributed by atoms with Gasteiger partial charge in [0.05, 0.1) is 25.5 Å². The van der Waals surface area contributed by atoms with Crippen molar-refractivity contribution in [3.8, 4) is 17.2 Å². The number of methoxy groups -OCH3 is 2. The molecule has 2 aromatic rings. The molecule has 0 aromatic heterocycles. The van der Waals surface area contributed by atoms with Crippen LogP contribution >= 0.6 is 0 Å². The van der Waals surface area contributed by atoms with Gasteiger partial charge in [0.1, 0.15) is 12.4 Å². The summed E-state index contributed by atoms with van der Waals surface area (Å²) in [7, 11) is 2.90. The third kappa shape index (κ3) is 6.63. The molecule has 0 atom stereocenters. The molecule has 2 aromatic carbocycles. The number of hydrogen-bond acceptors (Lipinski definition) is 7. The van der Waals surface area contributed by atoms with Gasteiger partial charge in [0.15, 0.2) is 18.1 Å². The molecular formula is C23H28N2O7. The van der Waals surface area contributed by atoms with Crippen LogP contribution in [0.2, 0.25) is 0 Å². The monoisotopic (exact) mass is 444 g/mol. The predicted octanol–water partition coefficient (Wildman–Crippen LogP) is 2.91. The van der Waals surface area contributed by atoms with Crippen LogP contribution in [0.15, 0.2) is 36.4 Å². The average Bonchev–Trinajstić information content (AvgIpc) is 2.75. The molecule has 2 rings (SSSR count). The Hall–Kier alpha value is -3.75. The van der Waals surface area contributed by atoms with E-state index in [0.29, 0.717) is 22.8 Å². The van der Waals surface area contributed by atoms with Gasteiger partial charge in [-0.25, -0.2) is 4.79 Å². The van der Waals surface area contributed by atoms with Crippen LogP contribution in [-0.4, -0.2) is 38.6 Å². The maximum absolute atomic E-state index is 12.9. The van der Waals surface area contributed by atoms with E-state index in [1.807, 2.05) is 0 Å². The van der Waals surface area contributed by atoms with Crippen molar-refractivity contribution in [2.75, 3.05) is 26.1 Å². The van der Waals surface area contributed by atoms with E-state index in [1.54, 1.807) is 45.0 Å². The molecule has 0 heterocycles. The highest BCUT2D eigenvalue weighted by atomic mass is 16.5. The van der Waals surface area contributed by atoms with Gasteiger partial charge in [0.25, 0.3) is 5.91 Å². The molecule has 0 bridgehead atoms. The van der Waals surface area contributed by atoms with E-state index in [1.165, 1.54) is 26.4 Å². The van der Waals surface area contributed by atoms with E-state index in [4.69, 9.17) is 24.7 Å². The van der Waals surface area contributed by atoms with Crippen molar-refractivity contribution < 1.29 is 33.3 Å². The molecule has 0 aliphatic rings. The van der Waals surface area contributed by atoms with E-state index >= 15 is 0 Å². The van der Waals surface area contributed by atoms with Crippen molar-refractivity contribution >= 4 is 23.5 Å². The number of esters is 1. The molecular weight excluding hydrogens is 416 g/mol. The second kappa shape index (κ2) is 10.5. The van der Waals surface area contributed by atoms with Gasteiger partial charge in [-0.2, -0.15) is 0 Å². The number of hydrogen-bond donors (Lipinski definition) is 2. The van der Waals surface area contributed by atoms with Gasteiger partial charge >= 0.3 is 5.97 Å². The molecule has 0 aliphatic heterocycles. The van der Waals surface area contributed by atoms with Crippen LogP contribution in [0.3, 0.4) is 0 Å². The SMILES string of the molecule is COc1cc(NC(=O)C(C)(C)C)c(C(=O)OCc2cccc(OCC(N)=O)c2)cc1OC. The fraction of sp³-hybridized carbons (Fsp3) is 0.348. The summed E-state index contributed by atoms with van der Waals surface area (Å²) in [6.45, 7) is 4.95. The zero-order chi connectivity index (χ0) is 23.9. The third-order valence-electron chi connectivity index (χ3n) is 4.32. The van der Waals surface area contributed by atoms with Crippen LogP contribution in [0.5, 0.6) is 17.2 Å². The van der Waals surface area contributed by atoms with E-state index in [2.05, 4.69) is 5.32 Å². The first-order valence-electron chi connectivity index (χ1n) is 9.79. The van der Waals surface area contributed by atoms with Crippen LogP contribution in [-0.2, 0) is 20.9 Å². The first-order valence-corrected chi connectivity index (χ1v) is 9.79. The minimum Gasteiger partial charge on any atom is -0.493 e. The van der Waals surface area contributed by atoms with Crippen LogP contribution < -0.4 is 25.3 Å². The fourth-order valence-electron chi connectivity index (χ4n) is 2.57. The summed E-state index contributed by atoms with van der Waals surface area (Å²) in [5.74, 6) is -0.457. The van der Waals surface area contributed by atoms with E-state index in [0.717, 1.165) is 0 Å². The highest BCUT2D eigenvalue weighted by Gasteiger charge is 2.25. The molecule has 0 spiro atoms. The Kier molecular flexibility index (Phi) is 8.06. The molecule has 3 N–H and O–H groups in total. The number of anilines is 1. The topological polar surface area (TPSA) is 126 Å². The number of primary amides is 1. The number of carbonyl (C=O) groups excluding carboxylic acids is 3. The highest BCUT2D eigenvalue weighted by Crippen LogP contribution is 2.34. The molecule has 32 heavy (non-hydrogen) atoms. The fourth-order valence-corrected chi connectivity index (χ4v) is 2.57. The van der Waals surface area contributed by atoms with Gasteiger partial charge < -0.3 is 30.0 Å². The smallest absolute Gasteiger partial charge is 0.340 e. The minimum absolute atomic E-state index is 0.0619. The largest absolute Gasteiger partial charge is 0.493 e. The summed E-state index contributed by atoms with van der Waals surface area (Å²) < 4.78 is 21.3. The first-order chi connectivity index (χ1) is 15.0. The van der Waals surface area contributed by atoms with E-state index < -0.39 is 17.3 Å². The summed E-state index contributed by atoms with van der Waals surface area (Å²) >= 11 is 0. The van der Waals surface area contributed by atoms with Crippen molar-refractivity contribution in [2.45, 2.75) is 27.4 Å². The molecule has 172 valence electrons. The Labute approximate surface area is 186 Å². The average molecular weight is 444 g/mol. The van der Waals surface area contributed by atoms with Gasteiger partial charge in [0.2, 0.25) is 5.91 Å². The van der Waals surface area contributed by atoms with Crippen molar-refractivity contribution in [3.05, 3.63) is 47.5 Å². The molecule has 0 saturated carbocycles. The number of rotatable bonds is 9. The first kappa shape index (κ1) is 24.5. The molecule has 0 fully saturated rings. The third-order valence-corrected chi connectivity index (χ3v) is 4.32.